The lowest BCUT2D eigenvalue weighted by molar-refractivity contribution is -0.147. The van der Waals surface area contributed by atoms with Crippen molar-refractivity contribution in [3.8, 4) is 5.75 Å². The van der Waals surface area contributed by atoms with Crippen LogP contribution in [0.3, 0.4) is 0 Å². The molecule has 0 aliphatic heterocycles. The molecule has 1 saturated carbocycles. The minimum absolute atomic E-state index is 0.100. The number of rotatable bonds is 4. The Kier molecular flexibility index (Phi) is 3.88. The van der Waals surface area contributed by atoms with Gasteiger partial charge in [-0.1, -0.05) is 32.4 Å². The standard InChI is InChI=1S/C15H21ClO2/c1-4-10-8-11(6-7-12(10)16)18-14-9-13(17)15(14,3)5-2/h6-8,13-14,17H,4-5,9H2,1-3H3. The molecular weight excluding hydrogens is 248 g/mol. The Hall–Kier alpha value is -0.730. The second kappa shape index (κ2) is 5.10. The van der Waals surface area contributed by atoms with Crippen molar-refractivity contribution in [2.24, 2.45) is 5.41 Å². The zero-order valence-corrected chi connectivity index (χ0v) is 12.0. The van der Waals surface area contributed by atoms with Gasteiger partial charge in [0, 0.05) is 16.9 Å². The zero-order chi connectivity index (χ0) is 13.3. The van der Waals surface area contributed by atoms with Crippen LogP contribution in [0.5, 0.6) is 5.75 Å². The second-order valence-electron chi connectivity index (χ2n) is 5.32. The molecule has 1 aromatic carbocycles. The van der Waals surface area contributed by atoms with Crippen LogP contribution in [0.25, 0.3) is 0 Å². The Morgan fingerprint density at radius 3 is 2.72 bits per heavy atom. The summed E-state index contributed by atoms with van der Waals surface area (Å²) in [5.74, 6) is 0.854. The van der Waals surface area contributed by atoms with Crippen LogP contribution in [0.2, 0.25) is 5.02 Å². The van der Waals surface area contributed by atoms with E-state index in [0.717, 1.165) is 29.2 Å². The van der Waals surface area contributed by atoms with E-state index in [-0.39, 0.29) is 17.6 Å². The lowest BCUT2D eigenvalue weighted by Gasteiger charge is -2.50. The molecule has 1 aliphatic carbocycles. The highest BCUT2D eigenvalue weighted by molar-refractivity contribution is 6.31. The Morgan fingerprint density at radius 1 is 1.44 bits per heavy atom. The molecule has 1 fully saturated rings. The minimum atomic E-state index is -0.245. The van der Waals surface area contributed by atoms with Gasteiger partial charge in [0.25, 0.3) is 0 Å². The van der Waals surface area contributed by atoms with Gasteiger partial charge in [0.05, 0.1) is 6.10 Å². The highest BCUT2D eigenvalue weighted by Gasteiger charge is 2.51. The van der Waals surface area contributed by atoms with Gasteiger partial charge in [-0.05, 0) is 36.6 Å². The molecule has 0 amide bonds. The molecule has 0 radical (unpaired) electrons. The lowest BCUT2D eigenvalue weighted by atomic mass is 9.63. The molecule has 0 bridgehead atoms. The number of benzene rings is 1. The minimum Gasteiger partial charge on any atom is -0.490 e. The van der Waals surface area contributed by atoms with Gasteiger partial charge in [-0.25, -0.2) is 0 Å². The average Bonchev–Trinajstić information content (AvgIpc) is 2.39. The molecule has 1 aromatic rings. The SMILES string of the molecule is CCc1cc(OC2CC(O)C2(C)CC)ccc1Cl. The summed E-state index contributed by atoms with van der Waals surface area (Å²) in [6.07, 6.45) is 2.39. The van der Waals surface area contributed by atoms with E-state index in [9.17, 15) is 5.11 Å². The van der Waals surface area contributed by atoms with Crippen molar-refractivity contribution < 1.29 is 9.84 Å². The molecule has 0 spiro atoms. The first kappa shape index (κ1) is 13.7. The van der Waals surface area contributed by atoms with Crippen LogP contribution in [0.15, 0.2) is 18.2 Å². The number of aliphatic hydroxyl groups excluding tert-OH is 1. The van der Waals surface area contributed by atoms with Crippen molar-refractivity contribution in [3.63, 3.8) is 0 Å². The smallest absolute Gasteiger partial charge is 0.120 e. The van der Waals surface area contributed by atoms with Crippen molar-refractivity contribution in [2.75, 3.05) is 0 Å². The molecule has 1 N–H and O–H groups in total. The summed E-state index contributed by atoms with van der Waals surface area (Å²) in [5, 5.41) is 10.6. The highest BCUT2D eigenvalue weighted by atomic mass is 35.5. The fourth-order valence-electron chi connectivity index (χ4n) is 2.50. The fraction of sp³-hybridized carbons (Fsp3) is 0.600. The number of hydrogen-bond donors (Lipinski definition) is 1. The Morgan fingerprint density at radius 2 is 2.17 bits per heavy atom. The summed E-state index contributed by atoms with van der Waals surface area (Å²) in [6.45, 7) is 6.26. The highest BCUT2D eigenvalue weighted by Crippen LogP contribution is 2.46. The lowest BCUT2D eigenvalue weighted by Crippen LogP contribution is -2.57. The van der Waals surface area contributed by atoms with Crippen LogP contribution < -0.4 is 4.74 Å². The van der Waals surface area contributed by atoms with E-state index in [1.807, 2.05) is 18.2 Å². The van der Waals surface area contributed by atoms with Gasteiger partial charge in [-0.2, -0.15) is 0 Å². The maximum Gasteiger partial charge on any atom is 0.120 e. The van der Waals surface area contributed by atoms with Crippen molar-refractivity contribution in [1.82, 2.24) is 0 Å². The maximum absolute atomic E-state index is 9.86. The predicted octanol–water partition coefficient (Wildman–Crippen LogP) is 3.83. The number of halogens is 1. The van der Waals surface area contributed by atoms with Gasteiger partial charge in [0.2, 0.25) is 0 Å². The van der Waals surface area contributed by atoms with Crippen molar-refractivity contribution in [1.29, 1.82) is 0 Å². The van der Waals surface area contributed by atoms with E-state index >= 15 is 0 Å². The molecule has 3 unspecified atom stereocenters. The molecular formula is C15H21ClO2. The largest absolute Gasteiger partial charge is 0.490 e. The summed E-state index contributed by atoms with van der Waals surface area (Å²) in [4.78, 5) is 0. The molecule has 3 atom stereocenters. The van der Waals surface area contributed by atoms with Crippen molar-refractivity contribution in [3.05, 3.63) is 28.8 Å². The summed E-state index contributed by atoms with van der Waals surface area (Å²) < 4.78 is 6.01. The Labute approximate surface area is 114 Å². The predicted molar refractivity (Wildman–Crippen MR) is 74.3 cm³/mol. The van der Waals surface area contributed by atoms with Crippen LogP contribution in [-0.2, 0) is 6.42 Å². The second-order valence-corrected chi connectivity index (χ2v) is 5.73. The van der Waals surface area contributed by atoms with Crippen LogP contribution >= 0.6 is 11.6 Å². The summed E-state index contributed by atoms with van der Waals surface area (Å²) >= 11 is 6.09. The quantitative estimate of drug-likeness (QED) is 0.899. The Balaban J connectivity index is 2.11. The van der Waals surface area contributed by atoms with Gasteiger partial charge in [-0.3, -0.25) is 0 Å². The third kappa shape index (κ3) is 2.24. The average molecular weight is 269 g/mol. The number of aryl methyl sites for hydroxylation is 1. The van der Waals surface area contributed by atoms with Crippen LogP contribution in [0.1, 0.15) is 39.2 Å². The fourth-order valence-corrected chi connectivity index (χ4v) is 2.75. The molecule has 0 aromatic heterocycles. The van der Waals surface area contributed by atoms with Gasteiger partial charge in [0.15, 0.2) is 0 Å². The monoisotopic (exact) mass is 268 g/mol. The molecule has 0 heterocycles. The third-order valence-corrected chi connectivity index (χ3v) is 4.74. The first-order valence-corrected chi connectivity index (χ1v) is 7.02. The van der Waals surface area contributed by atoms with E-state index in [1.165, 1.54) is 0 Å². The number of ether oxygens (including phenoxy) is 1. The van der Waals surface area contributed by atoms with Gasteiger partial charge >= 0.3 is 0 Å². The first-order valence-electron chi connectivity index (χ1n) is 6.64. The molecule has 2 nitrogen and oxygen atoms in total. The van der Waals surface area contributed by atoms with E-state index in [0.29, 0.717) is 6.42 Å². The molecule has 100 valence electrons. The molecule has 1 aliphatic rings. The molecule has 2 rings (SSSR count). The van der Waals surface area contributed by atoms with E-state index in [1.54, 1.807) is 0 Å². The topological polar surface area (TPSA) is 29.5 Å². The van der Waals surface area contributed by atoms with E-state index in [2.05, 4.69) is 20.8 Å². The van der Waals surface area contributed by atoms with Crippen molar-refractivity contribution >= 4 is 11.6 Å². The number of hydrogen-bond acceptors (Lipinski definition) is 2. The summed E-state index contributed by atoms with van der Waals surface area (Å²) in [7, 11) is 0. The van der Waals surface area contributed by atoms with E-state index < -0.39 is 0 Å². The summed E-state index contributed by atoms with van der Waals surface area (Å²) in [6, 6.07) is 5.79. The Bertz CT molecular complexity index is 433. The molecule has 18 heavy (non-hydrogen) atoms. The van der Waals surface area contributed by atoms with Gasteiger partial charge < -0.3 is 9.84 Å². The van der Waals surface area contributed by atoms with Crippen LogP contribution in [-0.4, -0.2) is 17.3 Å². The molecule has 3 heteroatoms. The van der Waals surface area contributed by atoms with Gasteiger partial charge in [0.1, 0.15) is 11.9 Å². The number of aliphatic hydroxyl groups is 1. The third-order valence-electron chi connectivity index (χ3n) is 4.37. The first-order chi connectivity index (χ1) is 8.51. The van der Waals surface area contributed by atoms with Gasteiger partial charge in [-0.15, -0.1) is 0 Å². The van der Waals surface area contributed by atoms with Crippen LogP contribution in [0.4, 0.5) is 0 Å². The normalized spacial score (nSPS) is 30.9. The molecule has 0 saturated heterocycles. The zero-order valence-electron chi connectivity index (χ0n) is 11.2. The maximum atomic E-state index is 9.86. The summed E-state index contributed by atoms with van der Waals surface area (Å²) in [5.41, 5.74) is 0.985. The van der Waals surface area contributed by atoms with Crippen molar-refractivity contribution in [2.45, 2.75) is 52.2 Å². The van der Waals surface area contributed by atoms with E-state index in [4.69, 9.17) is 16.3 Å². The van der Waals surface area contributed by atoms with Crippen LogP contribution in [0, 0.1) is 5.41 Å².